The van der Waals surface area contributed by atoms with Crippen LogP contribution >= 0.6 is 0 Å². The second kappa shape index (κ2) is 11.2. The van der Waals surface area contributed by atoms with Crippen molar-refractivity contribution >= 4 is 5.97 Å². The lowest BCUT2D eigenvalue weighted by Crippen LogP contribution is -2.33. The minimum Gasteiger partial charge on any atom is -0.459 e. The molecular formula is C25H41F3O2. The molecule has 0 spiro atoms. The molecule has 3 aliphatic rings. The van der Waals surface area contributed by atoms with Crippen LogP contribution in [0, 0.1) is 35.5 Å². The number of rotatable bonds is 7. The van der Waals surface area contributed by atoms with Crippen LogP contribution in [-0.2, 0) is 9.53 Å². The highest BCUT2D eigenvalue weighted by atomic mass is 19.4. The molecule has 2 atom stereocenters. The Kier molecular flexibility index (Phi) is 8.94. The third-order valence-electron chi connectivity index (χ3n) is 8.60. The van der Waals surface area contributed by atoms with E-state index in [9.17, 15) is 18.0 Å². The van der Waals surface area contributed by atoms with Crippen LogP contribution in [-0.4, -0.2) is 18.8 Å². The van der Waals surface area contributed by atoms with Gasteiger partial charge in [0.25, 0.3) is 0 Å². The Balaban J connectivity index is 1.42. The van der Waals surface area contributed by atoms with Crippen molar-refractivity contribution in [1.82, 2.24) is 0 Å². The van der Waals surface area contributed by atoms with Crippen molar-refractivity contribution in [2.24, 2.45) is 35.5 Å². The monoisotopic (exact) mass is 430 g/mol. The van der Waals surface area contributed by atoms with Crippen LogP contribution in [0.3, 0.4) is 0 Å². The maximum absolute atomic E-state index is 12.4. The molecule has 0 aromatic heterocycles. The molecule has 0 bridgehead atoms. The zero-order chi connectivity index (χ0) is 21.6. The highest BCUT2D eigenvalue weighted by Gasteiger charge is 2.41. The van der Waals surface area contributed by atoms with Crippen molar-refractivity contribution in [3.05, 3.63) is 0 Å². The molecule has 30 heavy (non-hydrogen) atoms. The molecular weight excluding hydrogens is 389 g/mol. The van der Waals surface area contributed by atoms with E-state index in [1.807, 2.05) is 0 Å². The number of halogens is 3. The fourth-order valence-corrected chi connectivity index (χ4v) is 7.00. The van der Waals surface area contributed by atoms with Crippen LogP contribution in [0.15, 0.2) is 0 Å². The van der Waals surface area contributed by atoms with Crippen LogP contribution in [0.25, 0.3) is 0 Å². The number of alkyl halides is 3. The summed E-state index contributed by atoms with van der Waals surface area (Å²) < 4.78 is 41.6. The van der Waals surface area contributed by atoms with Gasteiger partial charge in [0.15, 0.2) is 0 Å². The van der Waals surface area contributed by atoms with E-state index in [0.717, 1.165) is 36.5 Å². The van der Waals surface area contributed by atoms with Gasteiger partial charge in [0, 0.05) is 0 Å². The molecule has 0 radical (unpaired) electrons. The quantitative estimate of drug-likeness (QED) is 0.387. The summed E-state index contributed by atoms with van der Waals surface area (Å²) in [6.07, 6.45) is 14.1. The fourth-order valence-electron chi connectivity index (χ4n) is 7.00. The summed E-state index contributed by atoms with van der Waals surface area (Å²) in [6.45, 7) is 2.21. The summed E-state index contributed by atoms with van der Waals surface area (Å²) in [6, 6.07) is 0. The zero-order valence-electron chi connectivity index (χ0n) is 18.7. The van der Waals surface area contributed by atoms with Crippen LogP contribution in [0.4, 0.5) is 13.2 Å². The number of carbonyl (C=O) groups excluding carboxylic acids is 1. The summed E-state index contributed by atoms with van der Waals surface area (Å²) in [5.41, 5.74) is 0. The first kappa shape index (κ1) is 23.9. The number of carbonyl (C=O) groups is 1. The standard InChI is InChI=1S/C25H41F3O2/c1-2-5-18-8-10-19(11-9-18)20-12-14-22(15-13-20)23-7-4-3-6-21(23)16-17-30-24(29)25(26,27)28/h18-23H,2-17H2,1H3. The lowest BCUT2D eigenvalue weighted by Gasteiger charge is -2.43. The number of hydrogen-bond acceptors (Lipinski definition) is 2. The maximum Gasteiger partial charge on any atom is 0.490 e. The predicted molar refractivity (Wildman–Crippen MR) is 113 cm³/mol. The van der Waals surface area contributed by atoms with Gasteiger partial charge in [0.2, 0.25) is 0 Å². The Morgan fingerprint density at radius 2 is 1.37 bits per heavy atom. The highest BCUT2D eigenvalue weighted by molar-refractivity contribution is 5.75. The van der Waals surface area contributed by atoms with Gasteiger partial charge in [-0.2, -0.15) is 13.2 Å². The minimum atomic E-state index is -4.87. The van der Waals surface area contributed by atoms with Crippen molar-refractivity contribution < 1.29 is 22.7 Å². The lowest BCUT2D eigenvalue weighted by molar-refractivity contribution is -0.200. The SMILES string of the molecule is CCCC1CCC(C2CCC(C3CCCCC3CCOC(=O)C(F)(F)F)CC2)CC1. The van der Waals surface area contributed by atoms with Crippen molar-refractivity contribution in [2.75, 3.05) is 6.61 Å². The highest BCUT2D eigenvalue weighted by Crippen LogP contribution is 2.47. The van der Waals surface area contributed by atoms with Gasteiger partial charge in [0.1, 0.15) is 0 Å². The van der Waals surface area contributed by atoms with Gasteiger partial charge in [-0.3, -0.25) is 0 Å². The van der Waals surface area contributed by atoms with E-state index >= 15 is 0 Å². The first-order chi connectivity index (χ1) is 14.4. The number of esters is 1. The molecule has 0 aromatic carbocycles. The number of ether oxygens (including phenoxy) is 1. The first-order valence-corrected chi connectivity index (χ1v) is 12.6. The first-order valence-electron chi connectivity index (χ1n) is 12.6. The summed E-state index contributed by atoms with van der Waals surface area (Å²) in [5, 5.41) is 0. The Hall–Kier alpha value is -0.740. The van der Waals surface area contributed by atoms with E-state index in [-0.39, 0.29) is 6.61 Å². The molecule has 3 fully saturated rings. The Bertz CT molecular complexity index is 517. The van der Waals surface area contributed by atoms with E-state index in [2.05, 4.69) is 11.7 Å². The molecule has 3 saturated carbocycles. The van der Waals surface area contributed by atoms with Crippen LogP contribution in [0.5, 0.6) is 0 Å². The maximum atomic E-state index is 12.4. The summed E-state index contributed by atoms with van der Waals surface area (Å²) in [4.78, 5) is 11.0. The largest absolute Gasteiger partial charge is 0.490 e. The molecule has 0 aromatic rings. The molecule has 0 amide bonds. The van der Waals surface area contributed by atoms with Crippen LogP contribution in [0.1, 0.15) is 103 Å². The molecule has 0 aliphatic heterocycles. The Morgan fingerprint density at radius 1 is 0.800 bits per heavy atom. The molecule has 2 unspecified atom stereocenters. The van der Waals surface area contributed by atoms with E-state index in [4.69, 9.17) is 0 Å². The third kappa shape index (κ3) is 6.63. The minimum absolute atomic E-state index is 0.0874. The average molecular weight is 431 g/mol. The van der Waals surface area contributed by atoms with Crippen LogP contribution in [0.2, 0.25) is 0 Å². The second-order valence-corrected chi connectivity index (χ2v) is 10.4. The van der Waals surface area contributed by atoms with Crippen molar-refractivity contribution in [2.45, 2.75) is 109 Å². The van der Waals surface area contributed by atoms with E-state index < -0.39 is 12.1 Å². The topological polar surface area (TPSA) is 26.3 Å². The summed E-state index contributed by atoms with van der Waals surface area (Å²) in [5.74, 6) is 2.53. The fraction of sp³-hybridized carbons (Fsp3) is 0.960. The van der Waals surface area contributed by atoms with Gasteiger partial charge < -0.3 is 4.74 Å². The molecule has 5 heteroatoms. The molecule has 0 N–H and O–H groups in total. The number of hydrogen-bond donors (Lipinski definition) is 0. The Morgan fingerprint density at radius 3 is 1.97 bits per heavy atom. The molecule has 2 nitrogen and oxygen atoms in total. The normalized spacial score (nSPS) is 35.7. The molecule has 3 aliphatic carbocycles. The molecule has 0 saturated heterocycles. The van der Waals surface area contributed by atoms with Crippen molar-refractivity contribution in [1.29, 1.82) is 0 Å². The molecule has 174 valence electrons. The van der Waals surface area contributed by atoms with Gasteiger partial charge in [0.05, 0.1) is 6.61 Å². The van der Waals surface area contributed by atoms with E-state index in [1.165, 1.54) is 77.0 Å². The predicted octanol–water partition coefficient (Wildman–Crippen LogP) is 7.70. The second-order valence-electron chi connectivity index (χ2n) is 10.4. The van der Waals surface area contributed by atoms with E-state index in [1.54, 1.807) is 0 Å². The van der Waals surface area contributed by atoms with E-state index in [0.29, 0.717) is 18.3 Å². The van der Waals surface area contributed by atoms with Gasteiger partial charge >= 0.3 is 12.1 Å². The smallest absolute Gasteiger partial charge is 0.459 e. The lowest BCUT2D eigenvalue weighted by atomic mass is 9.63. The van der Waals surface area contributed by atoms with Gasteiger partial charge in [-0.15, -0.1) is 0 Å². The van der Waals surface area contributed by atoms with Crippen molar-refractivity contribution in [3.63, 3.8) is 0 Å². The van der Waals surface area contributed by atoms with Crippen molar-refractivity contribution in [3.8, 4) is 0 Å². The van der Waals surface area contributed by atoms with Crippen LogP contribution < -0.4 is 0 Å². The summed E-state index contributed by atoms with van der Waals surface area (Å²) >= 11 is 0. The van der Waals surface area contributed by atoms with Gasteiger partial charge in [-0.25, -0.2) is 4.79 Å². The molecule has 0 heterocycles. The third-order valence-corrected chi connectivity index (χ3v) is 8.60. The van der Waals surface area contributed by atoms with Gasteiger partial charge in [-0.05, 0) is 86.9 Å². The zero-order valence-corrected chi connectivity index (χ0v) is 18.7. The van der Waals surface area contributed by atoms with Gasteiger partial charge in [-0.1, -0.05) is 51.9 Å². The summed E-state index contributed by atoms with van der Waals surface area (Å²) in [7, 11) is 0. The Labute approximate surface area is 180 Å². The molecule has 3 rings (SSSR count). The average Bonchev–Trinajstić information content (AvgIpc) is 2.74.